The third-order valence-corrected chi connectivity index (χ3v) is 7.68. The van der Waals surface area contributed by atoms with E-state index in [2.05, 4.69) is 23.0 Å². The average Bonchev–Trinajstić information content (AvgIpc) is 2.77. The molecule has 1 aliphatic rings. The zero-order valence-corrected chi connectivity index (χ0v) is 18.8. The fourth-order valence-electron chi connectivity index (χ4n) is 3.54. The van der Waals surface area contributed by atoms with E-state index >= 15 is 0 Å². The van der Waals surface area contributed by atoms with E-state index in [9.17, 15) is 12.8 Å². The third kappa shape index (κ3) is 4.48. The molecule has 7 heteroatoms. The van der Waals surface area contributed by atoms with Crippen LogP contribution in [0.4, 0.5) is 10.1 Å². The van der Waals surface area contributed by atoms with Crippen molar-refractivity contribution >= 4 is 38.2 Å². The molecule has 0 saturated heterocycles. The zero-order valence-electron chi connectivity index (χ0n) is 17.2. The first-order chi connectivity index (χ1) is 14.9. The van der Waals surface area contributed by atoms with Gasteiger partial charge in [-0.2, -0.15) is 0 Å². The molecule has 4 nitrogen and oxygen atoms in total. The van der Waals surface area contributed by atoms with Gasteiger partial charge in [0.1, 0.15) is 16.5 Å². The first-order valence-corrected chi connectivity index (χ1v) is 12.1. The number of halogens is 1. The van der Waals surface area contributed by atoms with Crippen molar-refractivity contribution in [2.75, 3.05) is 11.8 Å². The van der Waals surface area contributed by atoms with E-state index in [4.69, 9.17) is 4.74 Å². The Bertz CT molecular complexity index is 1310. The number of methoxy groups -OCH3 is 1. The predicted octanol–water partition coefficient (Wildman–Crippen LogP) is 6.42. The average molecular weight is 456 g/mol. The van der Waals surface area contributed by atoms with Crippen molar-refractivity contribution in [1.82, 2.24) is 0 Å². The number of allylic oxidation sites excluding steroid dienone is 3. The van der Waals surface area contributed by atoms with Crippen LogP contribution in [0.1, 0.15) is 18.4 Å². The van der Waals surface area contributed by atoms with Crippen LogP contribution in [0.15, 0.2) is 81.5 Å². The van der Waals surface area contributed by atoms with Crippen LogP contribution < -0.4 is 9.46 Å². The smallest absolute Gasteiger partial charge is 0.265 e. The summed E-state index contributed by atoms with van der Waals surface area (Å²) in [6.07, 6.45) is 8.43. The van der Waals surface area contributed by atoms with Gasteiger partial charge in [-0.05, 0) is 55.0 Å². The molecule has 0 aromatic heterocycles. The molecule has 0 bridgehead atoms. The summed E-state index contributed by atoms with van der Waals surface area (Å²) in [6.45, 7) is 2.03. The lowest BCUT2D eigenvalue weighted by molar-refractivity contribution is 0.401. The molecule has 0 amide bonds. The quantitative estimate of drug-likeness (QED) is 0.466. The van der Waals surface area contributed by atoms with E-state index in [1.807, 2.05) is 37.3 Å². The Morgan fingerprint density at radius 3 is 2.55 bits per heavy atom. The molecule has 3 aromatic carbocycles. The van der Waals surface area contributed by atoms with Crippen molar-refractivity contribution in [3.8, 4) is 5.75 Å². The van der Waals surface area contributed by atoms with Crippen molar-refractivity contribution in [3.05, 3.63) is 83.0 Å². The summed E-state index contributed by atoms with van der Waals surface area (Å²) in [5, 5.41) is 1.73. The van der Waals surface area contributed by atoms with Crippen molar-refractivity contribution < 1.29 is 17.5 Å². The number of anilines is 1. The first-order valence-electron chi connectivity index (χ1n) is 9.82. The van der Waals surface area contributed by atoms with Gasteiger partial charge in [-0.3, -0.25) is 4.72 Å². The molecule has 0 saturated carbocycles. The van der Waals surface area contributed by atoms with Crippen molar-refractivity contribution in [2.24, 2.45) is 0 Å². The standard InChI is InChI=1S/C24H22FNO3S2/c1-16-19-10-6-7-11-20(19)21(15-23(16)30-18-8-4-3-5-9-18)26-31(27,28)24-14-17(25)12-13-22(24)29-2/h4,6-15,26H,3,5H2,1-2H3. The van der Waals surface area contributed by atoms with Crippen molar-refractivity contribution in [3.63, 3.8) is 0 Å². The largest absolute Gasteiger partial charge is 0.495 e. The highest BCUT2D eigenvalue weighted by Crippen LogP contribution is 2.40. The monoisotopic (exact) mass is 455 g/mol. The van der Waals surface area contributed by atoms with Crippen LogP contribution in [-0.4, -0.2) is 15.5 Å². The van der Waals surface area contributed by atoms with E-state index in [0.717, 1.165) is 45.0 Å². The molecule has 0 heterocycles. The SMILES string of the molecule is COc1ccc(F)cc1S(=O)(=O)Nc1cc(SC2=CCCC=C2)c(C)c2ccccc12. The van der Waals surface area contributed by atoms with Gasteiger partial charge in [0.2, 0.25) is 0 Å². The number of fused-ring (bicyclic) bond motifs is 1. The van der Waals surface area contributed by atoms with E-state index in [-0.39, 0.29) is 10.6 Å². The van der Waals surface area contributed by atoms with Gasteiger partial charge < -0.3 is 4.74 Å². The number of rotatable bonds is 6. The molecule has 0 spiro atoms. The number of hydrogen-bond acceptors (Lipinski definition) is 4. The molecule has 1 N–H and O–H groups in total. The van der Waals surface area contributed by atoms with Gasteiger partial charge in [-0.15, -0.1) is 0 Å². The van der Waals surface area contributed by atoms with E-state index in [1.165, 1.54) is 19.2 Å². The second kappa shape index (κ2) is 8.77. The molecule has 0 aliphatic heterocycles. The highest BCUT2D eigenvalue weighted by molar-refractivity contribution is 8.03. The molecule has 0 radical (unpaired) electrons. The lowest BCUT2D eigenvalue weighted by atomic mass is 10.0. The Morgan fingerprint density at radius 2 is 1.84 bits per heavy atom. The number of sulfonamides is 1. The third-order valence-electron chi connectivity index (χ3n) is 5.11. The number of benzene rings is 3. The van der Waals surface area contributed by atoms with Crippen LogP contribution in [0, 0.1) is 12.7 Å². The van der Waals surface area contributed by atoms with Gasteiger partial charge in [-0.1, -0.05) is 54.3 Å². The van der Waals surface area contributed by atoms with Gasteiger partial charge in [-0.25, -0.2) is 12.8 Å². The second-order valence-corrected chi connectivity index (χ2v) is 9.95. The molecule has 0 fully saturated rings. The van der Waals surface area contributed by atoms with Crippen LogP contribution in [0.2, 0.25) is 0 Å². The van der Waals surface area contributed by atoms with Gasteiger partial charge >= 0.3 is 0 Å². The van der Waals surface area contributed by atoms with Gasteiger partial charge in [0.25, 0.3) is 10.0 Å². The maximum Gasteiger partial charge on any atom is 0.265 e. The van der Waals surface area contributed by atoms with Gasteiger partial charge in [0, 0.05) is 15.2 Å². The number of thioether (sulfide) groups is 1. The number of ether oxygens (including phenoxy) is 1. The Labute approximate surface area is 185 Å². The summed E-state index contributed by atoms with van der Waals surface area (Å²) < 4.78 is 48.0. The van der Waals surface area contributed by atoms with Crippen LogP contribution in [0.5, 0.6) is 5.75 Å². The molecule has 1 aliphatic carbocycles. The van der Waals surface area contributed by atoms with Crippen LogP contribution in [0.3, 0.4) is 0 Å². The molecular formula is C24H22FNO3S2. The Hall–Kier alpha value is -2.77. The molecule has 0 unspecified atom stereocenters. The minimum absolute atomic E-state index is 0.0809. The highest BCUT2D eigenvalue weighted by atomic mass is 32.2. The number of hydrogen-bond donors (Lipinski definition) is 1. The minimum Gasteiger partial charge on any atom is -0.495 e. The summed E-state index contributed by atoms with van der Waals surface area (Å²) in [6, 6.07) is 12.9. The molecule has 3 aromatic rings. The fraction of sp³-hybridized carbons (Fsp3) is 0.167. The number of aryl methyl sites for hydroxylation is 1. The zero-order chi connectivity index (χ0) is 22.0. The maximum atomic E-state index is 13.8. The molecule has 4 rings (SSSR count). The first kappa shape index (κ1) is 21.5. The molecule has 31 heavy (non-hydrogen) atoms. The maximum absolute atomic E-state index is 13.8. The summed E-state index contributed by atoms with van der Waals surface area (Å²) in [4.78, 5) is 1.84. The fourth-order valence-corrected chi connectivity index (χ4v) is 5.85. The van der Waals surface area contributed by atoms with Crippen molar-refractivity contribution in [1.29, 1.82) is 0 Å². The summed E-state index contributed by atoms with van der Waals surface area (Å²) >= 11 is 1.61. The van der Waals surface area contributed by atoms with E-state index in [0.29, 0.717) is 5.69 Å². The second-order valence-electron chi connectivity index (χ2n) is 7.18. The minimum atomic E-state index is -4.09. The Kier molecular flexibility index (Phi) is 6.07. The summed E-state index contributed by atoms with van der Waals surface area (Å²) in [7, 11) is -2.73. The number of nitrogens with one attached hydrogen (secondary N) is 1. The topological polar surface area (TPSA) is 55.4 Å². The Morgan fingerprint density at radius 1 is 1.06 bits per heavy atom. The predicted molar refractivity (Wildman–Crippen MR) is 125 cm³/mol. The van der Waals surface area contributed by atoms with Gasteiger partial charge in [0.15, 0.2) is 0 Å². The summed E-state index contributed by atoms with van der Waals surface area (Å²) in [5.74, 6) is -0.570. The van der Waals surface area contributed by atoms with E-state index < -0.39 is 15.8 Å². The van der Waals surface area contributed by atoms with Crippen LogP contribution in [0.25, 0.3) is 10.8 Å². The lowest BCUT2D eigenvalue weighted by Gasteiger charge is -2.17. The van der Waals surface area contributed by atoms with Crippen LogP contribution in [-0.2, 0) is 10.0 Å². The van der Waals surface area contributed by atoms with E-state index in [1.54, 1.807) is 11.8 Å². The van der Waals surface area contributed by atoms with Gasteiger partial charge in [0.05, 0.1) is 12.8 Å². The molecule has 0 atom stereocenters. The highest BCUT2D eigenvalue weighted by Gasteiger charge is 2.22. The molecular weight excluding hydrogens is 433 g/mol. The lowest BCUT2D eigenvalue weighted by Crippen LogP contribution is -2.15. The summed E-state index contributed by atoms with van der Waals surface area (Å²) in [5.41, 5.74) is 1.52. The Balaban J connectivity index is 1.82. The molecule has 160 valence electrons. The van der Waals surface area contributed by atoms with Crippen LogP contribution >= 0.6 is 11.8 Å². The van der Waals surface area contributed by atoms with Crippen molar-refractivity contribution in [2.45, 2.75) is 29.6 Å². The normalized spacial score (nSPS) is 13.8.